The second-order valence-corrected chi connectivity index (χ2v) is 7.60. The normalized spacial score (nSPS) is 10.4. The number of rotatable bonds is 7. The molecule has 0 aliphatic carbocycles. The van der Waals surface area contributed by atoms with Crippen LogP contribution in [0.5, 0.6) is 0 Å². The Morgan fingerprint density at radius 1 is 0.933 bits per heavy atom. The molecule has 0 bridgehead atoms. The van der Waals surface area contributed by atoms with Crippen molar-refractivity contribution >= 4 is 46.4 Å². The molecular formula is C23H21Cl2N3O2. The fourth-order valence-corrected chi connectivity index (χ4v) is 3.37. The SMILES string of the molecule is CN(Cc1ccccc1)C(=O)c1cccc(NC(=O)CNc2ccc(Cl)cc2Cl)c1. The van der Waals surface area contributed by atoms with E-state index < -0.39 is 0 Å². The molecule has 0 spiro atoms. The van der Waals surface area contributed by atoms with E-state index in [9.17, 15) is 9.59 Å². The van der Waals surface area contributed by atoms with Crippen molar-refractivity contribution in [3.8, 4) is 0 Å². The van der Waals surface area contributed by atoms with E-state index in [2.05, 4.69) is 10.6 Å². The standard InChI is InChI=1S/C23H21Cl2N3O2/c1-28(15-16-6-3-2-4-7-16)23(30)17-8-5-9-19(12-17)27-22(29)14-26-21-11-10-18(24)13-20(21)25/h2-13,26H,14-15H2,1H3,(H,27,29). The van der Waals surface area contributed by atoms with Crippen LogP contribution in [-0.2, 0) is 11.3 Å². The van der Waals surface area contributed by atoms with Crippen LogP contribution in [0.3, 0.4) is 0 Å². The summed E-state index contributed by atoms with van der Waals surface area (Å²) in [6, 6.07) is 21.6. The highest BCUT2D eigenvalue weighted by Gasteiger charge is 2.13. The van der Waals surface area contributed by atoms with E-state index >= 15 is 0 Å². The zero-order valence-electron chi connectivity index (χ0n) is 16.4. The first-order valence-corrected chi connectivity index (χ1v) is 10.1. The van der Waals surface area contributed by atoms with Gasteiger partial charge in [0.05, 0.1) is 17.3 Å². The van der Waals surface area contributed by atoms with Crippen LogP contribution in [0.2, 0.25) is 10.0 Å². The number of nitrogens with zero attached hydrogens (tertiary/aromatic N) is 1. The third-order valence-electron chi connectivity index (χ3n) is 4.37. The molecule has 3 aromatic carbocycles. The molecule has 0 saturated carbocycles. The number of hydrogen-bond acceptors (Lipinski definition) is 3. The Balaban J connectivity index is 1.59. The van der Waals surface area contributed by atoms with Crippen molar-refractivity contribution in [3.63, 3.8) is 0 Å². The minimum Gasteiger partial charge on any atom is -0.375 e. The highest BCUT2D eigenvalue weighted by atomic mass is 35.5. The summed E-state index contributed by atoms with van der Waals surface area (Å²) in [7, 11) is 1.75. The quantitative estimate of drug-likeness (QED) is 0.521. The number of carbonyl (C=O) groups excluding carboxylic acids is 2. The highest BCUT2D eigenvalue weighted by Crippen LogP contribution is 2.25. The van der Waals surface area contributed by atoms with Gasteiger partial charge in [-0.05, 0) is 42.0 Å². The van der Waals surface area contributed by atoms with Crippen LogP contribution in [0, 0.1) is 0 Å². The minimum atomic E-state index is -0.261. The molecule has 0 atom stereocenters. The Bertz CT molecular complexity index is 1040. The topological polar surface area (TPSA) is 61.4 Å². The van der Waals surface area contributed by atoms with E-state index in [1.807, 2.05) is 30.3 Å². The van der Waals surface area contributed by atoms with Crippen LogP contribution < -0.4 is 10.6 Å². The van der Waals surface area contributed by atoms with Gasteiger partial charge >= 0.3 is 0 Å². The lowest BCUT2D eigenvalue weighted by molar-refractivity contribution is -0.114. The molecule has 0 fully saturated rings. The largest absolute Gasteiger partial charge is 0.375 e. The van der Waals surface area contributed by atoms with E-state index in [1.165, 1.54) is 0 Å². The van der Waals surface area contributed by atoms with Gasteiger partial charge in [-0.3, -0.25) is 9.59 Å². The smallest absolute Gasteiger partial charge is 0.253 e. The maximum absolute atomic E-state index is 12.7. The summed E-state index contributed by atoms with van der Waals surface area (Å²) in [6.07, 6.45) is 0. The predicted molar refractivity (Wildman–Crippen MR) is 122 cm³/mol. The van der Waals surface area contributed by atoms with Crippen LogP contribution in [0.15, 0.2) is 72.8 Å². The summed E-state index contributed by atoms with van der Waals surface area (Å²) in [5, 5.41) is 6.71. The Hall–Kier alpha value is -3.02. The molecule has 30 heavy (non-hydrogen) atoms. The monoisotopic (exact) mass is 441 g/mol. The van der Waals surface area contributed by atoms with Gasteiger partial charge in [0.1, 0.15) is 0 Å². The van der Waals surface area contributed by atoms with Crippen molar-refractivity contribution in [2.24, 2.45) is 0 Å². The maximum Gasteiger partial charge on any atom is 0.253 e. The summed E-state index contributed by atoms with van der Waals surface area (Å²) in [6.45, 7) is 0.523. The number of halogens is 2. The first-order valence-electron chi connectivity index (χ1n) is 9.30. The molecule has 3 rings (SSSR count). The summed E-state index contributed by atoms with van der Waals surface area (Å²) in [5.74, 6) is -0.385. The first-order chi connectivity index (χ1) is 14.4. The summed E-state index contributed by atoms with van der Waals surface area (Å²) >= 11 is 12.0. The summed E-state index contributed by atoms with van der Waals surface area (Å²) in [5.41, 5.74) is 2.70. The van der Waals surface area contributed by atoms with E-state index in [4.69, 9.17) is 23.2 Å². The maximum atomic E-state index is 12.7. The van der Waals surface area contributed by atoms with E-state index in [0.717, 1.165) is 5.56 Å². The molecule has 0 heterocycles. The number of carbonyl (C=O) groups is 2. The molecule has 0 saturated heterocycles. The lowest BCUT2D eigenvalue weighted by Gasteiger charge is -2.18. The Kier molecular flexibility index (Phi) is 7.33. The van der Waals surface area contributed by atoms with Crippen molar-refractivity contribution in [1.82, 2.24) is 4.90 Å². The molecule has 0 aromatic heterocycles. The molecule has 154 valence electrons. The van der Waals surface area contributed by atoms with Crippen molar-refractivity contribution < 1.29 is 9.59 Å². The van der Waals surface area contributed by atoms with Gasteiger partial charge in [0.2, 0.25) is 5.91 Å². The Labute approximate surface area is 185 Å². The number of nitrogens with one attached hydrogen (secondary N) is 2. The second kappa shape index (κ2) is 10.1. The average molecular weight is 442 g/mol. The predicted octanol–water partition coefficient (Wildman–Crippen LogP) is 5.32. The van der Waals surface area contributed by atoms with Crippen molar-refractivity contribution in [1.29, 1.82) is 0 Å². The second-order valence-electron chi connectivity index (χ2n) is 6.75. The van der Waals surface area contributed by atoms with Crippen LogP contribution in [0.1, 0.15) is 15.9 Å². The van der Waals surface area contributed by atoms with Gasteiger partial charge in [0.25, 0.3) is 5.91 Å². The lowest BCUT2D eigenvalue weighted by atomic mass is 10.1. The Morgan fingerprint density at radius 3 is 2.43 bits per heavy atom. The first kappa shape index (κ1) is 21.7. The molecule has 2 amide bonds. The third kappa shape index (κ3) is 5.99. The molecule has 0 radical (unpaired) electrons. The zero-order valence-corrected chi connectivity index (χ0v) is 17.9. The van der Waals surface area contributed by atoms with Gasteiger partial charge < -0.3 is 15.5 Å². The fraction of sp³-hybridized carbons (Fsp3) is 0.130. The molecule has 0 aliphatic rings. The number of benzene rings is 3. The van der Waals surface area contributed by atoms with Gasteiger partial charge in [-0.2, -0.15) is 0 Å². The summed E-state index contributed by atoms with van der Waals surface area (Å²) in [4.78, 5) is 26.7. The van der Waals surface area contributed by atoms with E-state index in [1.54, 1.807) is 54.4 Å². The third-order valence-corrected chi connectivity index (χ3v) is 4.92. The molecule has 0 unspecified atom stereocenters. The van der Waals surface area contributed by atoms with Gasteiger partial charge in [-0.1, -0.05) is 59.6 Å². The van der Waals surface area contributed by atoms with Crippen LogP contribution in [0.4, 0.5) is 11.4 Å². The lowest BCUT2D eigenvalue weighted by Crippen LogP contribution is -2.26. The van der Waals surface area contributed by atoms with Crippen molar-refractivity contribution in [2.75, 3.05) is 24.2 Å². The van der Waals surface area contributed by atoms with Gasteiger partial charge in [0, 0.05) is 29.9 Å². The van der Waals surface area contributed by atoms with Crippen LogP contribution in [0.25, 0.3) is 0 Å². The van der Waals surface area contributed by atoms with E-state index in [0.29, 0.717) is 33.5 Å². The van der Waals surface area contributed by atoms with Crippen LogP contribution >= 0.6 is 23.2 Å². The van der Waals surface area contributed by atoms with Crippen molar-refractivity contribution in [2.45, 2.75) is 6.54 Å². The van der Waals surface area contributed by atoms with Crippen molar-refractivity contribution in [3.05, 3.63) is 94.0 Å². The molecule has 2 N–H and O–H groups in total. The van der Waals surface area contributed by atoms with Gasteiger partial charge in [-0.25, -0.2) is 0 Å². The minimum absolute atomic E-state index is 0.0213. The van der Waals surface area contributed by atoms with Crippen LogP contribution in [-0.4, -0.2) is 30.3 Å². The molecular weight excluding hydrogens is 421 g/mol. The molecule has 5 nitrogen and oxygen atoms in total. The molecule has 0 aliphatic heterocycles. The summed E-state index contributed by atoms with van der Waals surface area (Å²) < 4.78 is 0. The van der Waals surface area contributed by atoms with E-state index in [-0.39, 0.29) is 18.4 Å². The number of amides is 2. The Morgan fingerprint density at radius 2 is 1.70 bits per heavy atom. The highest BCUT2D eigenvalue weighted by molar-refractivity contribution is 6.36. The van der Waals surface area contributed by atoms with Gasteiger partial charge in [0.15, 0.2) is 0 Å². The van der Waals surface area contributed by atoms with Gasteiger partial charge in [-0.15, -0.1) is 0 Å². The average Bonchev–Trinajstić information content (AvgIpc) is 2.73. The fourth-order valence-electron chi connectivity index (χ4n) is 2.89. The molecule has 7 heteroatoms. The number of hydrogen-bond donors (Lipinski definition) is 2. The molecule has 3 aromatic rings. The zero-order chi connectivity index (χ0) is 21.5. The number of anilines is 2.